The highest BCUT2D eigenvalue weighted by molar-refractivity contribution is 5.51. The topological polar surface area (TPSA) is 0 Å². The summed E-state index contributed by atoms with van der Waals surface area (Å²) in [4.78, 5) is 0. The van der Waals surface area contributed by atoms with E-state index >= 15 is 0 Å². The first kappa shape index (κ1) is 8.06. The number of rotatable bonds is 0. The standard InChI is InChI=1S/C13H12/c1-2-4-6-8-10-13-11-12(13)9-7-5-3-1/h1-10H,11H2. The number of allylic oxidation sites excluding steroid dienone is 12. The van der Waals surface area contributed by atoms with Crippen LogP contribution in [0.4, 0.5) is 0 Å². The molecular formula is C13H12. The molecular weight excluding hydrogens is 156 g/mol. The Balaban J connectivity index is 2.16. The third kappa shape index (κ3) is 2.45. The van der Waals surface area contributed by atoms with E-state index in [9.17, 15) is 0 Å². The van der Waals surface area contributed by atoms with Crippen LogP contribution in [-0.4, -0.2) is 0 Å². The summed E-state index contributed by atoms with van der Waals surface area (Å²) in [5.41, 5.74) is 2.91. The Morgan fingerprint density at radius 2 is 0.923 bits per heavy atom. The van der Waals surface area contributed by atoms with Gasteiger partial charge in [-0.15, -0.1) is 0 Å². The molecule has 2 aliphatic carbocycles. The first-order chi connectivity index (χ1) is 6.47. The first-order valence-corrected chi connectivity index (χ1v) is 4.53. The van der Waals surface area contributed by atoms with Gasteiger partial charge in [0.15, 0.2) is 0 Å². The fraction of sp³-hybridized carbons (Fsp3) is 0.0769. The molecule has 0 radical (unpaired) electrons. The lowest BCUT2D eigenvalue weighted by Gasteiger charge is -1.76. The summed E-state index contributed by atoms with van der Waals surface area (Å²) in [7, 11) is 0. The average Bonchev–Trinajstić information content (AvgIpc) is 2.83. The van der Waals surface area contributed by atoms with Crippen LogP contribution in [0.2, 0.25) is 0 Å². The van der Waals surface area contributed by atoms with Gasteiger partial charge in [0.2, 0.25) is 0 Å². The van der Waals surface area contributed by atoms with E-state index in [1.165, 1.54) is 11.1 Å². The molecule has 0 aromatic rings. The fourth-order valence-electron chi connectivity index (χ4n) is 1.22. The molecule has 0 saturated heterocycles. The summed E-state index contributed by atoms with van der Waals surface area (Å²) >= 11 is 0. The third-order valence-corrected chi connectivity index (χ3v) is 2.04. The Kier molecular flexibility index (Phi) is 2.42. The van der Waals surface area contributed by atoms with E-state index in [1.54, 1.807) is 0 Å². The zero-order valence-electron chi connectivity index (χ0n) is 7.48. The van der Waals surface area contributed by atoms with Crippen molar-refractivity contribution in [2.45, 2.75) is 6.42 Å². The van der Waals surface area contributed by atoms with Gasteiger partial charge in [-0.1, -0.05) is 60.8 Å². The van der Waals surface area contributed by atoms with Gasteiger partial charge in [0.05, 0.1) is 0 Å². The second-order valence-electron chi connectivity index (χ2n) is 3.10. The van der Waals surface area contributed by atoms with E-state index in [-0.39, 0.29) is 0 Å². The summed E-state index contributed by atoms with van der Waals surface area (Å²) < 4.78 is 0. The minimum atomic E-state index is 1.15. The van der Waals surface area contributed by atoms with Crippen LogP contribution < -0.4 is 0 Å². The highest BCUT2D eigenvalue weighted by atomic mass is 14.2. The molecule has 0 aromatic heterocycles. The molecule has 0 N–H and O–H groups in total. The van der Waals surface area contributed by atoms with Crippen LogP contribution in [0.15, 0.2) is 71.9 Å². The van der Waals surface area contributed by atoms with Crippen LogP contribution in [-0.2, 0) is 0 Å². The molecule has 0 fully saturated rings. The van der Waals surface area contributed by atoms with Gasteiger partial charge in [-0.25, -0.2) is 0 Å². The monoisotopic (exact) mass is 168 g/mol. The molecule has 2 aliphatic rings. The van der Waals surface area contributed by atoms with Crippen LogP contribution in [0.25, 0.3) is 0 Å². The molecule has 0 nitrogen and oxygen atoms in total. The van der Waals surface area contributed by atoms with Crippen LogP contribution in [0.3, 0.4) is 0 Å². The van der Waals surface area contributed by atoms with Crippen molar-refractivity contribution in [3.63, 3.8) is 0 Å². The Morgan fingerprint density at radius 1 is 0.538 bits per heavy atom. The molecule has 0 bridgehead atoms. The summed E-state index contributed by atoms with van der Waals surface area (Å²) in [5, 5.41) is 0. The third-order valence-electron chi connectivity index (χ3n) is 2.04. The molecule has 0 heterocycles. The van der Waals surface area contributed by atoms with Gasteiger partial charge in [0, 0.05) is 0 Å². The maximum Gasteiger partial charge on any atom is -0.00201 e. The summed E-state index contributed by atoms with van der Waals surface area (Å²) in [6.45, 7) is 0. The second-order valence-corrected chi connectivity index (χ2v) is 3.10. The van der Waals surface area contributed by atoms with Crippen molar-refractivity contribution in [3.8, 4) is 0 Å². The maximum atomic E-state index is 2.18. The second kappa shape index (κ2) is 3.90. The van der Waals surface area contributed by atoms with Crippen LogP contribution in [0.1, 0.15) is 6.42 Å². The minimum Gasteiger partial charge on any atom is -0.0623 e. The van der Waals surface area contributed by atoms with Gasteiger partial charge in [-0.3, -0.25) is 0 Å². The van der Waals surface area contributed by atoms with E-state index < -0.39 is 0 Å². The van der Waals surface area contributed by atoms with Gasteiger partial charge in [0.1, 0.15) is 0 Å². The highest BCUT2D eigenvalue weighted by Gasteiger charge is 2.14. The summed E-state index contributed by atoms with van der Waals surface area (Å²) in [5.74, 6) is 0. The normalized spacial score (nSPS) is 19.7. The van der Waals surface area contributed by atoms with E-state index in [4.69, 9.17) is 0 Å². The van der Waals surface area contributed by atoms with Gasteiger partial charge in [-0.2, -0.15) is 0 Å². The highest BCUT2D eigenvalue weighted by Crippen LogP contribution is 2.32. The van der Waals surface area contributed by atoms with Crippen LogP contribution >= 0.6 is 0 Å². The predicted molar refractivity (Wildman–Crippen MR) is 57.3 cm³/mol. The van der Waals surface area contributed by atoms with E-state index in [0.29, 0.717) is 0 Å². The molecule has 64 valence electrons. The van der Waals surface area contributed by atoms with Crippen molar-refractivity contribution in [3.05, 3.63) is 71.9 Å². The lowest BCUT2D eigenvalue weighted by atomic mass is 10.3. The molecule has 13 heavy (non-hydrogen) atoms. The molecule has 0 aromatic carbocycles. The number of hydrogen-bond acceptors (Lipinski definition) is 0. The van der Waals surface area contributed by atoms with Crippen molar-refractivity contribution in [2.75, 3.05) is 0 Å². The van der Waals surface area contributed by atoms with Gasteiger partial charge in [0.25, 0.3) is 0 Å². The van der Waals surface area contributed by atoms with Gasteiger partial charge >= 0.3 is 0 Å². The Hall–Kier alpha value is -1.56. The van der Waals surface area contributed by atoms with E-state index in [0.717, 1.165) is 6.42 Å². The van der Waals surface area contributed by atoms with E-state index in [1.807, 2.05) is 24.3 Å². The van der Waals surface area contributed by atoms with Gasteiger partial charge < -0.3 is 0 Å². The minimum absolute atomic E-state index is 1.15. The summed E-state index contributed by atoms with van der Waals surface area (Å²) in [6.07, 6.45) is 21.9. The molecule has 0 heteroatoms. The van der Waals surface area contributed by atoms with E-state index in [2.05, 4.69) is 36.5 Å². The lowest BCUT2D eigenvalue weighted by molar-refractivity contribution is 1.54. The Morgan fingerprint density at radius 3 is 1.38 bits per heavy atom. The SMILES string of the molecule is C1=CC=CC=CC2=C(C=CC=C1)C2. The molecule has 2 rings (SSSR count). The Labute approximate surface area is 79.0 Å². The van der Waals surface area contributed by atoms with Crippen molar-refractivity contribution >= 4 is 0 Å². The van der Waals surface area contributed by atoms with Crippen LogP contribution in [0.5, 0.6) is 0 Å². The van der Waals surface area contributed by atoms with Crippen molar-refractivity contribution in [1.82, 2.24) is 0 Å². The summed E-state index contributed by atoms with van der Waals surface area (Å²) in [6, 6.07) is 0. The molecule has 0 saturated carbocycles. The zero-order chi connectivity index (χ0) is 8.93. The van der Waals surface area contributed by atoms with Crippen molar-refractivity contribution < 1.29 is 0 Å². The molecule has 0 unspecified atom stereocenters. The first-order valence-electron chi connectivity index (χ1n) is 4.53. The maximum absolute atomic E-state index is 2.18. The molecule has 0 atom stereocenters. The molecule has 0 spiro atoms. The van der Waals surface area contributed by atoms with Gasteiger partial charge in [-0.05, 0) is 17.6 Å². The smallest absolute Gasteiger partial charge is 0.00201 e. The molecule has 0 amide bonds. The van der Waals surface area contributed by atoms with Crippen molar-refractivity contribution in [1.29, 1.82) is 0 Å². The van der Waals surface area contributed by atoms with Crippen molar-refractivity contribution in [2.24, 2.45) is 0 Å². The average molecular weight is 168 g/mol. The number of hydrogen-bond donors (Lipinski definition) is 0. The predicted octanol–water partition coefficient (Wildman–Crippen LogP) is 3.48. The zero-order valence-corrected chi connectivity index (χ0v) is 7.48. The Bertz CT molecular complexity index is 323. The quantitative estimate of drug-likeness (QED) is 0.519. The van der Waals surface area contributed by atoms with Crippen LogP contribution in [0, 0.1) is 0 Å². The fourth-order valence-corrected chi connectivity index (χ4v) is 1.22. The largest absolute Gasteiger partial charge is 0.0623 e. The molecule has 0 aliphatic heterocycles. The lowest BCUT2D eigenvalue weighted by Crippen LogP contribution is -1.55.